The van der Waals surface area contributed by atoms with Crippen molar-refractivity contribution < 1.29 is 5.11 Å². The van der Waals surface area contributed by atoms with Gasteiger partial charge in [-0.15, -0.1) is 0 Å². The minimum Gasteiger partial charge on any atom is -0.389 e. The van der Waals surface area contributed by atoms with Gasteiger partial charge < -0.3 is 10.4 Å². The van der Waals surface area contributed by atoms with E-state index in [9.17, 15) is 5.11 Å². The Morgan fingerprint density at radius 1 is 1.38 bits per heavy atom. The van der Waals surface area contributed by atoms with Crippen molar-refractivity contribution in [2.75, 3.05) is 0 Å². The van der Waals surface area contributed by atoms with Crippen LogP contribution >= 0.6 is 0 Å². The highest BCUT2D eigenvalue weighted by Crippen LogP contribution is 2.25. The second-order valence-electron chi connectivity index (χ2n) is 5.16. The summed E-state index contributed by atoms with van der Waals surface area (Å²) in [6, 6.07) is 0.805. The van der Waals surface area contributed by atoms with E-state index in [0.29, 0.717) is 6.04 Å². The lowest BCUT2D eigenvalue weighted by Crippen LogP contribution is -2.48. The molecule has 3 atom stereocenters. The van der Waals surface area contributed by atoms with Crippen LogP contribution in [-0.2, 0) is 0 Å². The van der Waals surface area contributed by atoms with Crippen molar-refractivity contribution in [1.82, 2.24) is 5.32 Å². The van der Waals surface area contributed by atoms with Crippen LogP contribution < -0.4 is 5.32 Å². The first-order valence-corrected chi connectivity index (χ1v) is 5.38. The van der Waals surface area contributed by atoms with Crippen molar-refractivity contribution in [3.05, 3.63) is 0 Å². The molecular formula is C11H23NO. The molecule has 0 aromatic carbocycles. The van der Waals surface area contributed by atoms with Crippen LogP contribution in [0.15, 0.2) is 0 Å². The van der Waals surface area contributed by atoms with Gasteiger partial charge in [-0.25, -0.2) is 0 Å². The van der Waals surface area contributed by atoms with Crippen molar-refractivity contribution in [3.63, 3.8) is 0 Å². The minimum atomic E-state index is -0.605. The Hall–Kier alpha value is -0.0800. The van der Waals surface area contributed by atoms with E-state index in [1.807, 2.05) is 13.8 Å². The van der Waals surface area contributed by atoms with Gasteiger partial charge in [0.05, 0.1) is 5.60 Å². The molecule has 0 saturated heterocycles. The number of hydrogen-bond donors (Lipinski definition) is 2. The van der Waals surface area contributed by atoms with E-state index in [1.165, 1.54) is 19.3 Å². The smallest absolute Gasteiger partial charge is 0.0741 e. The summed E-state index contributed by atoms with van der Waals surface area (Å²) in [5, 5.41) is 13.2. The van der Waals surface area contributed by atoms with E-state index in [-0.39, 0.29) is 6.04 Å². The quantitative estimate of drug-likeness (QED) is 0.704. The number of aliphatic hydroxyl groups is 1. The summed E-state index contributed by atoms with van der Waals surface area (Å²) in [5.41, 5.74) is -0.605. The molecule has 0 radical (unpaired) electrons. The lowest BCUT2D eigenvalue weighted by atomic mass is 9.99. The zero-order valence-corrected chi connectivity index (χ0v) is 9.30. The second-order valence-corrected chi connectivity index (χ2v) is 5.16. The normalized spacial score (nSPS) is 32.1. The molecule has 2 N–H and O–H groups in total. The summed E-state index contributed by atoms with van der Waals surface area (Å²) in [6.45, 7) is 8.09. The molecule has 1 aliphatic carbocycles. The summed E-state index contributed by atoms with van der Waals surface area (Å²) in [6.07, 6.45) is 3.86. The minimum absolute atomic E-state index is 0.183. The van der Waals surface area contributed by atoms with E-state index >= 15 is 0 Å². The molecule has 0 spiro atoms. The Morgan fingerprint density at radius 2 is 2.00 bits per heavy atom. The molecule has 1 rings (SSSR count). The standard InChI is InChI=1S/C11H23NO/c1-8-5-6-10(7-8)12-9(2)11(3,4)13/h8-10,12-13H,5-7H2,1-4H3. The third-order valence-electron chi connectivity index (χ3n) is 3.24. The first-order chi connectivity index (χ1) is 5.89. The van der Waals surface area contributed by atoms with Crippen molar-refractivity contribution in [2.24, 2.45) is 5.92 Å². The molecule has 1 saturated carbocycles. The zero-order valence-electron chi connectivity index (χ0n) is 9.30. The van der Waals surface area contributed by atoms with E-state index in [0.717, 1.165) is 5.92 Å². The zero-order chi connectivity index (χ0) is 10.1. The Balaban J connectivity index is 2.33. The van der Waals surface area contributed by atoms with Gasteiger partial charge in [-0.05, 0) is 46.0 Å². The van der Waals surface area contributed by atoms with Crippen molar-refractivity contribution in [3.8, 4) is 0 Å². The van der Waals surface area contributed by atoms with Crippen LogP contribution in [0.4, 0.5) is 0 Å². The van der Waals surface area contributed by atoms with Gasteiger partial charge in [0, 0.05) is 12.1 Å². The van der Waals surface area contributed by atoms with Gasteiger partial charge in [-0.2, -0.15) is 0 Å². The van der Waals surface area contributed by atoms with Crippen LogP contribution in [0.5, 0.6) is 0 Å². The number of hydrogen-bond acceptors (Lipinski definition) is 2. The molecular weight excluding hydrogens is 162 g/mol. The predicted molar refractivity (Wildman–Crippen MR) is 55.7 cm³/mol. The maximum atomic E-state index is 9.75. The van der Waals surface area contributed by atoms with Crippen LogP contribution in [0.1, 0.15) is 47.0 Å². The van der Waals surface area contributed by atoms with Crippen molar-refractivity contribution >= 4 is 0 Å². The number of rotatable bonds is 3. The topological polar surface area (TPSA) is 32.3 Å². The molecule has 3 unspecified atom stereocenters. The predicted octanol–water partition coefficient (Wildman–Crippen LogP) is 1.92. The van der Waals surface area contributed by atoms with E-state index in [4.69, 9.17) is 0 Å². The first-order valence-electron chi connectivity index (χ1n) is 5.38. The largest absolute Gasteiger partial charge is 0.389 e. The Labute approximate surface area is 81.7 Å². The van der Waals surface area contributed by atoms with Gasteiger partial charge in [0.25, 0.3) is 0 Å². The number of nitrogens with one attached hydrogen (secondary N) is 1. The molecule has 0 heterocycles. The third kappa shape index (κ3) is 3.28. The molecule has 0 amide bonds. The molecule has 0 aromatic rings. The fourth-order valence-corrected chi connectivity index (χ4v) is 1.92. The maximum absolute atomic E-state index is 9.75. The Bertz CT molecular complexity index is 162. The average molecular weight is 185 g/mol. The van der Waals surface area contributed by atoms with E-state index < -0.39 is 5.60 Å². The van der Waals surface area contributed by atoms with Gasteiger partial charge in [-0.1, -0.05) is 6.92 Å². The fraction of sp³-hybridized carbons (Fsp3) is 1.00. The summed E-state index contributed by atoms with van der Waals surface area (Å²) >= 11 is 0. The summed E-state index contributed by atoms with van der Waals surface area (Å²) in [5.74, 6) is 0.853. The lowest BCUT2D eigenvalue weighted by Gasteiger charge is -2.29. The van der Waals surface area contributed by atoms with Crippen LogP contribution in [0.2, 0.25) is 0 Å². The maximum Gasteiger partial charge on any atom is 0.0741 e. The van der Waals surface area contributed by atoms with Crippen molar-refractivity contribution in [1.29, 1.82) is 0 Å². The van der Waals surface area contributed by atoms with Gasteiger partial charge in [0.15, 0.2) is 0 Å². The van der Waals surface area contributed by atoms with Crippen LogP contribution in [0.25, 0.3) is 0 Å². The van der Waals surface area contributed by atoms with Gasteiger partial charge in [0.1, 0.15) is 0 Å². The second kappa shape index (κ2) is 3.97. The van der Waals surface area contributed by atoms with Gasteiger partial charge in [-0.3, -0.25) is 0 Å². The monoisotopic (exact) mass is 185 g/mol. The molecule has 2 heteroatoms. The molecule has 0 bridgehead atoms. The third-order valence-corrected chi connectivity index (χ3v) is 3.24. The summed E-state index contributed by atoms with van der Waals surface area (Å²) in [4.78, 5) is 0. The van der Waals surface area contributed by atoms with Crippen LogP contribution in [-0.4, -0.2) is 22.8 Å². The van der Waals surface area contributed by atoms with Gasteiger partial charge in [0.2, 0.25) is 0 Å². The highest BCUT2D eigenvalue weighted by molar-refractivity contribution is 4.86. The Morgan fingerprint density at radius 3 is 2.38 bits per heavy atom. The molecule has 0 aliphatic heterocycles. The highest BCUT2D eigenvalue weighted by Gasteiger charge is 2.28. The van der Waals surface area contributed by atoms with Gasteiger partial charge >= 0.3 is 0 Å². The van der Waals surface area contributed by atoms with E-state index in [2.05, 4.69) is 19.2 Å². The summed E-state index contributed by atoms with van der Waals surface area (Å²) < 4.78 is 0. The summed E-state index contributed by atoms with van der Waals surface area (Å²) in [7, 11) is 0. The van der Waals surface area contributed by atoms with Crippen molar-refractivity contribution in [2.45, 2.75) is 64.6 Å². The Kier molecular flexibility index (Phi) is 3.36. The molecule has 0 aromatic heterocycles. The van der Waals surface area contributed by atoms with Crippen LogP contribution in [0.3, 0.4) is 0 Å². The molecule has 1 aliphatic rings. The highest BCUT2D eigenvalue weighted by atomic mass is 16.3. The fourth-order valence-electron chi connectivity index (χ4n) is 1.92. The molecule has 2 nitrogen and oxygen atoms in total. The first kappa shape index (κ1) is 11.0. The van der Waals surface area contributed by atoms with Crippen LogP contribution in [0, 0.1) is 5.92 Å². The SMILES string of the molecule is CC1CCC(NC(C)C(C)(C)O)C1. The van der Waals surface area contributed by atoms with E-state index in [1.54, 1.807) is 0 Å². The average Bonchev–Trinajstić information content (AvgIpc) is 2.33. The lowest BCUT2D eigenvalue weighted by molar-refractivity contribution is 0.0399. The molecule has 13 heavy (non-hydrogen) atoms. The molecule has 1 fully saturated rings. The molecule has 78 valence electrons.